The number of ether oxygens (including phenoxy) is 2. The van der Waals surface area contributed by atoms with E-state index >= 15 is 0 Å². The van der Waals surface area contributed by atoms with Gasteiger partial charge in [-0.1, -0.05) is 12.1 Å². The minimum atomic E-state index is -1.23. The molecule has 0 saturated heterocycles. The molecule has 0 unspecified atom stereocenters. The zero-order chi connectivity index (χ0) is 16.8. The van der Waals surface area contributed by atoms with Crippen molar-refractivity contribution in [3.05, 3.63) is 35.6 Å². The molecule has 0 spiro atoms. The smallest absolute Gasteiger partial charge is 0.408 e. The van der Waals surface area contributed by atoms with Crippen molar-refractivity contribution in [3.8, 4) is 0 Å². The predicted molar refractivity (Wildman–Crippen MR) is 76.8 cm³/mol. The van der Waals surface area contributed by atoms with E-state index in [0.29, 0.717) is 5.56 Å². The number of carbonyl (C=O) groups excluding carboxylic acids is 1. The van der Waals surface area contributed by atoms with Gasteiger partial charge in [0.25, 0.3) is 0 Å². The molecule has 1 atom stereocenters. The van der Waals surface area contributed by atoms with Crippen LogP contribution in [0.2, 0.25) is 0 Å². The fourth-order valence-corrected chi connectivity index (χ4v) is 1.50. The second-order valence-corrected chi connectivity index (χ2v) is 5.68. The molecule has 0 aliphatic carbocycles. The van der Waals surface area contributed by atoms with Crippen LogP contribution in [0.1, 0.15) is 26.3 Å². The Labute approximate surface area is 128 Å². The molecule has 1 aromatic rings. The van der Waals surface area contributed by atoms with Crippen LogP contribution in [-0.4, -0.2) is 35.4 Å². The number of amides is 1. The maximum atomic E-state index is 12.7. The van der Waals surface area contributed by atoms with Crippen LogP contribution in [0.25, 0.3) is 0 Å². The highest BCUT2D eigenvalue weighted by atomic mass is 19.1. The summed E-state index contributed by atoms with van der Waals surface area (Å²) in [5.41, 5.74) is -0.0231. The molecule has 1 amide bonds. The molecule has 0 aliphatic heterocycles. The molecule has 2 N–H and O–H groups in total. The van der Waals surface area contributed by atoms with Crippen LogP contribution in [0.4, 0.5) is 9.18 Å². The van der Waals surface area contributed by atoms with Gasteiger partial charge in [-0.25, -0.2) is 14.0 Å². The molecule has 1 aromatic carbocycles. The third kappa shape index (κ3) is 7.03. The molecule has 6 nitrogen and oxygen atoms in total. The van der Waals surface area contributed by atoms with Gasteiger partial charge in [0.2, 0.25) is 0 Å². The molecule has 0 heterocycles. The molecule has 1 rings (SSSR count). The maximum Gasteiger partial charge on any atom is 0.408 e. The molecule has 0 bridgehead atoms. The molecule has 0 radical (unpaired) electrons. The van der Waals surface area contributed by atoms with Gasteiger partial charge >= 0.3 is 12.1 Å². The van der Waals surface area contributed by atoms with Crippen molar-refractivity contribution in [2.45, 2.75) is 39.0 Å². The van der Waals surface area contributed by atoms with Gasteiger partial charge in [0.05, 0.1) is 13.2 Å². The number of carboxylic acids is 1. The minimum Gasteiger partial charge on any atom is -0.480 e. The van der Waals surface area contributed by atoms with Crippen molar-refractivity contribution in [1.29, 1.82) is 0 Å². The fraction of sp³-hybridized carbons (Fsp3) is 0.467. The number of hydrogen-bond donors (Lipinski definition) is 2. The zero-order valence-corrected chi connectivity index (χ0v) is 12.8. The van der Waals surface area contributed by atoms with Crippen molar-refractivity contribution >= 4 is 12.1 Å². The lowest BCUT2D eigenvalue weighted by Crippen LogP contribution is -2.46. The van der Waals surface area contributed by atoms with Crippen LogP contribution >= 0.6 is 0 Å². The van der Waals surface area contributed by atoms with Gasteiger partial charge in [0.1, 0.15) is 11.4 Å². The van der Waals surface area contributed by atoms with Crippen LogP contribution in [0.15, 0.2) is 24.3 Å². The fourth-order valence-electron chi connectivity index (χ4n) is 1.50. The molecular formula is C15H20FNO5. The first-order valence-corrected chi connectivity index (χ1v) is 6.72. The monoisotopic (exact) mass is 313 g/mol. The first-order valence-electron chi connectivity index (χ1n) is 6.72. The Morgan fingerprint density at radius 2 is 1.86 bits per heavy atom. The lowest BCUT2D eigenvalue weighted by Gasteiger charge is -2.22. The highest BCUT2D eigenvalue weighted by Gasteiger charge is 2.24. The van der Waals surface area contributed by atoms with Crippen molar-refractivity contribution in [2.24, 2.45) is 0 Å². The van der Waals surface area contributed by atoms with E-state index in [4.69, 9.17) is 14.6 Å². The summed E-state index contributed by atoms with van der Waals surface area (Å²) in [5.74, 6) is -1.59. The number of rotatable bonds is 6. The van der Waals surface area contributed by atoms with Crippen molar-refractivity contribution in [1.82, 2.24) is 5.32 Å². The Morgan fingerprint density at radius 3 is 2.36 bits per heavy atom. The molecule has 7 heteroatoms. The summed E-state index contributed by atoms with van der Waals surface area (Å²) in [7, 11) is 0. The van der Waals surface area contributed by atoms with Crippen LogP contribution in [-0.2, 0) is 20.9 Å². The Morgan fingerprint density at radius 1 is 1.27 bits per heavy atom. The quantitative estimate of drug-likeness (QED) is 0.842. The third-order valence-corrected chi connectivity index (χ3v) is 2.46. The molecule has 0 aromatic heterocycles. The average molecular weight is 313 g/mol. The number of halogens is 1. The summed E-state index contributed by atoms with van der Waals surface area (Å²) in [6.45, 7) is 4.90. The van der Waals surface area contributed by atoms with E-state index in [0.717, 1.165) is 0 Å². The number of carbonyl (C=O) groups is 2. The van der Waals surface area contributed by atoms with Crippen LogP contribution in [0, 0.1) is 5.82 Å². The number of benzene rings is 1. The average Bonchev–Trinajstić information content (AvgIpc) is 2.37. The summed E-state index contributed by atoms with van der Waals surface area (Å²) in [6.07, 6.45) is -0.828. The highest BCUT2D eigenvalue weighted by molar-refractivity contribution is 5.80. The van der Waals surface area contributed by atoms with Crippen LogP contribution in [0.3, 0.4) is 0 Å². The normalized spacial score (nSPS) is 12.5. The predicted octanol–water partition coefficient (Wildman–Crippen LogP) is 2.32. The van der Waals surface area contributed by atoms with Crippen LogP contribution in [0.5, 0.6) is 0 Å². The Kier molecular flexibility index (Phi) is 6.30. The first-order chi connectivity index (χ1) is 10.2. The first kappa shape index (κ1) is 17.9. The molecular weight excluding hydrogens is 293 g/mol. The van der Waals surface area contributed by atoms with Gasteiger partial charge < -0.3 is 19.9 Å². The summed E-state index contributed by atoms with van der Waals surface area (Å²) in [4.78, 5) is 22.6. The Hall–Kier alpha value is -2.15. The summed E-state index contributed by atoms with van der Waals surface area (Å²) >= 11 is 0. The SMILES string of the molecule is CC(C)(C)OC(=O)N[C@H](COCc1ccc(F)cc1)C(=O)O. The van der Waals surface area contributed by atoms with E-state index in [9.17, 15) is 14.0 Å². The van der Waals surface area contributed by atoms with E-state index < -0.39 is 23.7 Å². The van der Waals surface area contributed by atoms with Gasteiger partial charge in [0, 0.05) is 0 Å². The van der Waals surface area contributed by atoms with E-state index in [2.05, 4.69) is 5.32 Å². The van der Waals surface area contributed by atoms with E-state index in [1.807, 2.05) is 0 Å². The summed E-state index contributed by atoms with van der Waals surface area (Å²) in [6, 6.07) is 4.41. The van der Waals surface area contributed by atoms with Gasteiger partial charge in [-0.3, -0.25) is 0 Å². The van der Waals surface area contributed by atoms with Gasteiger partial charge in [-0.05, 0) is 38.5 Å². The zero-order valence-electron chi connectivity index (χ0n) is 12.8. The number of alkyl carbamates (subject to hydrolysis) is 1. The number of nitrogens with one attached hydrogen (secondary N) is 1. The molecule has 0 aliphatic rings. The van der Waals surface area contributed by atoms with E-state index in [-0.39, 0.29) is 19.0 Å². The van der Waals surface area contributed by atoms with Crippen molar-refractivity contribution < 1.29 is 28.6 Å². The lowest BCUT2D eigenvalue weighted by atomic mass is 10.2. The second-order valence-electron chi connectivity index (χ2n) is 5.68. The molecule has 0 fully saturated rings. The second kappa shape index (κ2) is 7.74. The topological polar surface area (TPSA) is 84.9 Å². The molecule has 0 saturated carbocycles. The van der Waals surface area contributed by atoms with E-state index in [1.54, 1.807) is 20.8 Å². The minimum absolute atomic E-state index is 0.111. The standard InChI is InChI=1S/C15H20FNO5/c1-15(2,3)22-14(20)17-12(13(18)19)9-21-8-10-4-6-11(16)7-5-10/h4-7,12H,8-9H2,1-3H3,(H,17,20)(H,18,19)/t12-/m1/s1. The Balaban J connectivity index is 2.46. The maximum absolute atomic E-state index is 12.7. The van der Waals surface area contributed by atoms with Gasteiger partial charge in [0.15, 0.2) is 6.04 Å². The van der Waals surface area contributed by atoms with Crippen LogP contribution < -0.4 is 5.32 Å². The molecule has 122 valence electrons. The largest absolute Gasteiger partial charge is 0.480 e. The van der Waals surface area contributed by atoms with Gasteiger partial charge in [-0.15, -0.1) is 0 Å². The van der Waals surface area contributed by atoms with Gasteiger partial charge in [-0.2, -0.15) is 0 Å². The van der Waals surface area contributed by atoms with Crippen molar-refractivity contribution in [2.75, 3.05) is 6.61 Å². The van der Waals surface area contributed by atoms with E-state index in [1.165, 1.54) is 24.3 Å². The van der Waals surface area contributed by atoms with Crippen molar-refractivity contribution in [3.63, 3.8) is 0 Å². The summed E-state index contributed by atoms with van der Waals surface area (Å²) in [5, 5.41) is 11.3. The number of hydrogen-bond acceptors (Lipinski definition) is 4. The number of carboxylic acid groups (broad SMARTS) is 1. The third-order valence-electron chi connectivity index (χ3n) is 2.46. The summed E-state index contributed by atoms with van der Waals surface area (Å²) < 4.78 is 23.0. The highest BCUT2D eigenvalue weighted by Crippen LogP contribution is 2.07. The Bertz CT molecular complexity index is 510. The molecule has 22 heavy (non-hydrogen) atoms. The lowest BCUT2D eigenvalue weighted by molar-refractivity contribution is -0.141. The number of aliphatic carboxylic acids is 1.